The molecular formula is C25H28N2O6S. The third-order valence-electron chi connectivity index (χ3n) is 5.19. The highest BCUT2D eigenvalue weighted by Gasteiger charge is 2.20. The predicted octanol–water partition coefficient (Wildman–Crippen LogP) is 3.96. The first-order valence-corrected chi connectivity index (χ1v) is 12.0. The number of para-hydroxylation sites is 2. The standard InChI is InChI=1S/C25H28N2O6S/c1-18-9-14-21(34(29,30)26-19-10-12-20(31-3)13-11-19)17-22(18)25(28)27(2)15-16-33-24-8-6-5-7-23(24)32-4/h5-14,17,26H,15-16H2,1-4H3. The molecule has 0 saturated heterocycles. The number of hydrogen-bond acceptors (Lipinski definition) is 6. The summed E-state index contributed by atoms with van der Waals surface area (Å²) in [5.74, 6) is 1.50. The smallest absolute Gasteiger partial charge is 0.261 e. The Morgan fingerprint density at radius 2 is 1.62 bits per heavy atom. The number of benzene rings is 3. The minimum atomic E-state index is -3.89. The maximum atomic E-state index is 13.1. The van der Waals surface area contributed by atoms with E-state index in [2.05, 4.69) is 4.72 Å². The minimum Gasteiger partial charge on any atom is -0.497 e. The lowest BCUT2D eigenvalue weighted by Crippen LogP contribution is -2.31. The van der Waals surface area contributed by atoms with Crippen LogP contribution in [0.4, 0.5) is 5.69 Å². The van der Waals surface area contributed by atoms with Crippen molar-refractivity contribution in [2.75, 3.05) is 39.1 Å². The molecule has 0 aliphatic heterocycles. The zero-order chi connectivity index (χ0) is 24.7. The molecule has 0 aliphatic carbocycles. The molecule has 1 N–H and O–H groups in total. The Bertz CT molecular complexity index is 1240. The fraction of sp³-hybridized carbons (Fsp3) is 0.240. The van der Waals surface area contributed by atoms with Gasteiger partial charge in [-0.2, -0.15) is 0 Å². The minimum absolute atomic E-state index is 0.00376. The molecule has 3 aromatic rings. The number of methoxy groups -OCH3 is 2. The first-order valence-electron chi connectivity index (χ1n) is 10.5. The fourth-order valence-corrected chi connectivity index (χ4v) is 4.29. The van der Waals surface area contributed by atoms with Gasteiger partial charge in [-0.05, 0) is 61.0 Å². The van der Waals surface area contributed by atoms with Gasteiger partial charge in [0.2, 0.25) is 0 Å². The Morgan fingerprint density at radius 1 is 0.941 bits per heavy atom. The van der Waals surface area contributed by atoms with Gasteiger partial charge in [0.05, 0.1) is 25.7 Å². The third kappa shape index (κ3) is 5.99. The maximum Gasteiger partial charge on any atom is 0.261 e. The van der Waals surface area contributed by atoms with E-state index in [1.807, 2.05) is 12.1 Å². The zero-order valence-electron chi connectivity index (χ0n) is 19.6. The molecule has 8 nitrogen and oxygen atoms in total. The topological polar surface area (TPSA) is 94.2 Å². The molecule has 0 heterocycles. The zero-order valence-corrected chi connectivity index (χ0v) is 20.4. The molecule has 1 amide bonds. The van der Waals surface area contributed by atoms with E-state index in [1.54, 1.807) is 63.5 Å². The number of aryl methyl sites for hydroxylation is 1. The number of likely N-dealkylation sites (N-methyl/N-ethyl adjacent to an activating group) is 1. The van der Waals surface area contributed by atoms with Crippen molar-refractivity contribution >= 4 is 21.6 Å². The van der Waals surface area contributed by atoms with Crippen LogP contribution in [-0.2, 0) is 10.0 Å². The van der Waals surface area contributed by atoms with Crippen molar-refractivity contribution in [1.29, 1.82) is 0 Å². The van der Waals surface area contributed by atoms with Crippen molar-refractivity contribution in [2.24, 2.45) is 0 Å². The van der Waals surface area contributed by atoms with Gasteiger partial charge in [-0.3, -0.25) is 9.52 Å². The van der Waals surface area contributed by atoms with Crippen LogP contribution in [0.15, 0.2) is 71.6 Å². The number of nitrogens with zero attached hydrogens (tertiary/aromatic N) is 1. The molecule has 9 heteroatoms. The van der Waals surface area contributed by atoms with Crippen LogP contribution >= 0.6 is 0 Å². The number of amides is 1. The van der Waals surface area contributed by atoms with E-state index < -0.39 is 10.0 Å². The molecule has 0 atom stereocenters. The first kappa shape index (κ1) is 24.9. The third-order valence-corrected chi connectivity index (χ3v) is 6.57. The molecular weight excluding hydrogens is 456 g/mol. The van der Waals surface area contributed by atoms with Crippen LogP contribution in [-0.4, -0.2) is 53.6 Å². The van der Waals surface area contributed by atoms with Gasteiger partial charge in [0, 0.05) is 18.3 Å². The maximum absolute atomic E-state index is 13.1. The van der Waals surface area contributed by atoms with E-state index in [-0.39, 0.29) is 17.4 Å². The summed E-state index contributed by atoms with van der Waals surface area (Å²) in [5, 5.41) is 0. The van der Waals surface area contributed by atoms with Crippen LogP contribution < -0.4 is 18.9 Å². The number of sulfonamides is 1. The molecule has 0 radical (unpaired) electrons. The van der Waals surface area contributed by atoms with E-state index in [4.69, 9.17) is 14.2 Å². The van der Waals surface area contributed by atoms with Crippen molar-refractivity contribution < 1.29 is 27.4 Å². The Kier molecular flexibility index (Phi) is 8.01. The summed E-state index contributed by atoms with van der Waals surface area (Å²) in [6.07, 6.45) is 0. The molecule has 180 valence electrons. The number of carbonyl (C=O) groups is 1. The normalized spacial score (nSPS) is 10.9. The highest BCUT2D eigenvalue weighted by Crippen LogP contribution is 2.26. The van der Waals surface area contributed by atoms with Crippen LogP contribution in [0.25, 0.3) is 0 Å². The lowest BCUT2D eigenvalue weighted by Gasteiger charge is -2.20. The average molecular weight is 485 g/mol. The van der Waals surface area contributed by atoms with Gasteiger partial charge in [0.15, 0.2) is 11.5 Å². The number of rotatable bonds is 10. The van der Waals surface area contributed by atoms with Crippen molar-refractivity contribution in [2.45, 2.75) is 11.8 Å². The molecule has 0 bridgehead atoms. The van der Waals surface area contributed by atoms with Crippen LogP contribution in [0.1, 0.15) is 15.9 Å². The fourth-order valence-electron chi connectivity index (χ4n) is 3.21. The van der Waals surface area contributed by atoms with Crippen LogP contribution in [0.2, 0.25) is 0 Å². The van der Waals surface area contributed by atoms with E-state index in [0.29, 0.717) is 40.6 Å². The van der Waals surface area contributed by atoms with Gasteiger partial charge in [-0.15, -0.1) is 0 Å². The second kappa shape index (κ2) is 10.9. The SMILES string of the molecule is COc1ccc(NS(=O)(=O)c2ccc(C)c(C(=O)N(C)CCOc3ccccc3OC)c2)cc1. The predicted molar refractivity (Wildman–Crippen MR) is 130 cm³/mol. The van der Waals surface area contributed by atoms with Gasteiger partial charge in [-0.1, -0.05) is 18.2 Å². The summed E-state index contributed by atoms with van der Waals surface area (Å²) in [6.45, 7) is 2.32. The first-order chi connectivity index (χ1) is 16.2. The summed E-state index contributed by atoms with van der Waals surface area (Å²) < 4.78 is 44.4. The van der Waals surface area contributed by atoms with E-state index in [1.165, 1.54) is 24.1 Å². The monoisotopic (exact) mass is 484 g/mol. The Labute approximate surface area is 200 Å². The summed E-state index contributed by atoms with van der Waals surface area (Å²) in [5.41, 5.74) is 1.36. The van der Waals surface area contributed by atoms with Crippen molar-refractivity contribution in [3.63, 3.8) is 0 Å². The molecule has 0 saturated carbocycles. The number of carbonyl (C=O) groups excluding carboxylic acids is 1. The van der Waals surface area contributed by atoms with E-state index >= 15 is 0 Å². The molecule has 0 aliphatic rings. The Balaban J connectivity index is 1.70. The van der Waals surface area contributed by atoms with Gasteiger partial charge in [0.25, 0.3) is 15.9 Å². The number of nitrogens with one attached hydrogen (secondary N) is 1. The Hall–Kier alpha value is -3.72. The number of anilines is 1. The molecule has 3 rings (SSSR count). The number of hydrogen-bond donors (Lipinski definition) is 1. The average Bonchev–Trinajstić information content (AvgIpc) is 2.84. The summed E-state index contributed by atoms with van der Waals surface area (Å²) in [6, 6.07) is 18.3. The molecule has 0 unspecified atom stereocenters. The van der Waals surface area contributed by atoms with Gasteiger partial charge in [0.1, 0.15) is 12.4 Å². The molecule has 3 aromatic carbocycles. The van der Waals surface area contributed by atoms with Gasteiger partial charge in [-0.25, -0.2) is 8.42 Å². The van der Waals surface area contributed by atoms with Crippen LogP contribution in [0.5, 0.6) is 17.2 Å². The summed E-state index contributed by atoms with van der Waals surface area (Å²) in [7, 11) is 0.845. The molecule has 0 aromatic heterocycles. The molecule has 0 spiro atoms. The Morgan fingerprint density at radius 3 is 2.26 bits per heavy atom. The lowest BCUT2D eigenvalue weighted by molar-refractivity contribution is 0.0772. The summed E-state index contributed by atoms with van der Waals surface area (Å²) in [4.78, 5) is 14.5. The van der Waals surface area contributed by atoms with Crippen molar-refractivity contribution in [1.82, 2.24) is 4.90 Å². The highest BCUT2D eigenvalue weighted by atomic mass is 32.2. The van der Waals surface area contributed by atoms with Crippen LogP contribution in [0.3, 0.4) is 0 Å². The second-order valence-electron chi connectivity index (χ2n) is 7.54. The quantitative estimate of drug-likeness (QED) is 0.468. The van der Waals surface area contributed by atoms with Crippen molar-refractivity contribution in [3.8, 4) is 17.2 Å². The van der Waals surface area contributed by atoms with Crippen LogP contribution in [0, 0.1) is 6.92 Å². The highest BCUT2D eigenvalue weighted by molar-refractivity contribution is 7.92. The molecule has 0 fully saturated rings. The number of ether oxygens (including phenoxy) is 3. The van der Waals surface area contributed by atoms with E-state index in [0.717, 1.165) is 0 Å². The van der Waals surface area contributed by atoms with Gasteiger partial charge < -0.3 is 19.1 Å². The molecule has 34 heavy (non-hydrogen) atoms. The van der Waals surface area contributed by atoms with Crippen molar-refractivity contribution in [3.05, 3.63) is 77.9 Å². The lowest BCUT2D eigenvalue weighted by atomic mass is 10.1. The summed E-state index contributed by atoms with van der Waals surface area (Å²) >= 11 is 0. The second-order valence-corrected chi connectivity index (χ2v) is 9.22. The largest absolute Gasteiger partial charge is 0.497 e. The van der Waals surface area contributed by atoms with Gasteiger partial charge >= 0.3 is 0 Å². The van der Waals surface area contributed by atoms with E-state index in [9.17, 15) is 13.2 Å².